The minimum absolute atomic E-state index is 0.116. The summed E-state index contributed by atoms with van der Waals surface area (Å²) in [6.45, 7) is 5.84. The Balaban J connectivity index is 1.23. The number of fused-ring (bicyclic) bond motifs is 1. The Morgan fingerprint density at radius 2 is 1.50 bits per heavy atom. The number of nitrogens with zero attached hydrogens (tertiary/aromatic N) is 1. The van der Waals surface area contributed by atoms with Crippen LogP contribution in [0.5, 0.6) is 11.5 Å². The smallest absolute Gasteiger partial charge is 0.408 e. The van der Waals surface area contributed by atoms with Gasteiger partial charge in [0.2, 0.25) is 0 Å². The Bertz CT molecular complexity index is 2180. The maximum absolute atomic E-state index is 13.5. The highest BCUT2D eigenvalue weighted by molar-refractivity contribution is 7.90. The molecule has 14 heteroatoms. The molecule has 0 unspecified atom stereocenters. The molecule has 0 saturated carbocycles. The van der Waals surface area contributed by atoms with E-state index in [1.54, 1.807) is 45.0 Å². The minimum atomic E-state index is -4.61. The van der Waals surface area contributed by atoms with Crippen LogP contribution < -0.4 is 24.8 Å². The van der Waals surface area contributed by atoms with Gasteiger partial charge in [-0.1, -0.05) is 78.9 Å². The van der Waals surface area contributed by atoms with E-state index in [2.05, 4.69) is 10.6 Å². The van der Waals surface area contributed by atoms with Crippen molar-refractivity contribution in [1.82, 2.24) is 10.0 Å². The number of ether oxygens (including phenoxy) is 3. The molecule has 0 heterocycles. The molecular formula is C40H42N4O9S. The van der Waals surface area contributed by atoms with E-state index in [9.17, 15) is 28.1 Å². The molecule has 0 aromatic heterocycles. The number of sulfonamides is 1. The van der Waals surface area contributed by atoms with Crippen LogP contribution >= 0.6 is 0 Å². The fourth-order valence-corrected chi connectivity index (χ4v) is 6.52. The van der Waals surface area contributed by atoms with Crippen LogP contribution in [0, 0.1) is 10.1 Å². The van der Waals surface area contributed by atoms with Gasteiger partial charge in [0.15, 0.2) is 0 Å². The Morgan fingerprint density at radius 3 is 2.22 bits per heavy atom. The molecule has 5 aromatic carbocycles. The molecule has 54 heavy (non-hydrogen) atoms. The number of hydrogen-bond acceptors (Lipinski definition) is 10. The molecule has 0 bridgehead atoms. The van der Waals surface area contributed by atoms with Crippen molar-refractivity contribution in [3.63, 3.8) is 0 Å². The standard InChI is InChI=1S/C40H42N4O9S/c1-40(2,3)53-39(46)42-35(26-29-16-18-31(19-17-29)51-24-25-52-37-15-9-13-30-12-7-8-14-33(30)37)38(45)43-54(49,50)32-20-21-34(36(27-32)44(47)48)41-23-22-28-10-5-4-6-11-28/h4-21,27,35,41H,22-26H2,1-3H3,(H,42,46)(H,43,45)/t35-/m0/s1. The lowest BCUT2D eigenvalue weighted by molar-refractivity contribution is -0.384. The number of alkyl carbamates (subject to hydrolysis) is 1. The molecule has 0 spiro atoms. The predicted molar refractivity (Wildman–Crippen MR) is 205 cm³/mol. The molecule has 1 atom stereocenters. The molecule has 5 aromatic rings. The maximum atomic E-state index is 13.5. The van der Waals surface area contributed by atoms with Crippen LogP contribution in [0.2, 0.25) is 0 Å². The van der Waals surface area contributed by atoms with E-state index in [0.717, 1.165) is 34.2 Å². The number of hydrogen-bond donors (Lipinski definition) is 3. The molecule has 0 aliphatic carbocycles. The summed E-state index contributed by atoms with van der Waals surface area (Å²) in [5.74, 6) is 0.209. The van der Waals surface area contributed by atoms with Crippen molar-refractivity contribution in [3.05, 3.63) is 137 Å². The first-order chi connectivity index (χ1) is 25.8. The fourth-order valence-electron chi connectivity index (χ4n) is 5.48. The Morgan fingerprint density at radius 1 is 0.815 bits per heavy atom. The summed E-state index contributed by atoms with van der Waals surface area (Å²) in [5.41, 5.74) is 0.333. The summed E-state index contributed by atoms with van der Waals surface area (Å²) in [7, 11) is -4.61. The first-order valence-electron chi connectivity index (χ1n) is 17.2. The third-order valence-electron chi connectivity index (χ3n) is 8.01. The van der Waals surface area contributed by atoms with Crippen LogP contribution in [-0.4, -0.2) is 56.7 Å². The van der Waals surface area contributed by atoms with Crippen molar-refractivity contribution >= 4 is 44.2 Å². The first-order valence-corrected chi connectivity index (χ1v) is 18.7. The van der Waals surface area contributed by atoms with Gasteiger partial charge in [-0.05, 0) is 74.0 Å². The summed E-state index contributed by atoms with van der Waals surface area (Å²) < 4.78 is 45.8. The number of nitro benzene ring substituents is 1. The van der Waals surface area contributed by atoms with E-state index in [-0.39, 0.29) is 18.7 Å². The first kappa shape index (κ1) is 39.1. The molecule has 0 saturated heterocycles. The van der Waals surface area contributed by atoms with Gasteiger partial charge in [0.25, 0.3) is 21.6 Å². The number of anilines is 1. The molecule has 0 radical (unpaired) electrons. The normalized spacial score (nSPS) is 12.0. The van der Waals surface area contributed by atoms with Crippen LogP contribution in [0.25, 0.3) is 10.8 Å². The lowest BCUT2D eigenvalue weighted by atomic mass is 10.1. The second-order valence-electron chi connectivity index (χ2n) is 13.3. The SMILES string of the molecule is CC(C)(C)OC(=O)N[C@@H](Cc1ccc(OCCOc2cccc3ccccc23)cc1)C(=O)NS(=O)(=O)c1ccc(NCCc2ccccc2)c([N+](=O)[O-])c1. The molecule has 5 rings (SSSR count). The highest BCUT2D eigenvalue weighted by Gasteiger charge is 2.30. The van der Waals surface area contributed by atoms with Crippen molar-refractivity contribution in [2.45, 2.75) is 50.2 Å². The van der Waals surface area contributed by atoms with E-state index in [1.807, 2.05) is 77.5 Å². The van der Waals surface area contributed by atoms with Gasteiger partial charge < -0.3 is 24.8 Å². The lowest BCUT2D eigenvalue weighted by Crippen LogP contribution is -2.50. The number of carbonyl (C=O) groups excluding carboxylic acids is 2. The van der Waals surface area contributed by atoms with Gasteiger partial charge in [-0.3, -0.25) is 14.9 Å². The summed E-state index contributed by atoms with van der Waals surface area (Å²) in [4.78, 5) is 36.9. The number of amides is 2. The molecule has 2 amide bonds. The second kappa shape index (κ2) is 17.6. The van der Waals surface area contributed by atoms with Gasteiger partial charge in [-0.25, -0.2) is 17.9 Å². The zero-order chi connectivity index (χ0) is 38.7. The number of rotatable bonds is 16. The van der Waals surface area contributed by atoms with E-state index in [1.165, 1.54) is 6.07 Å². The van der Waals surface area contributed by atoms with Crippen LogP contribution in [0.4, 0.5) is 16.2 Å². The van der Waals surface area contributed by atoms with E-state index < -0.39 is 49.2 Å². The minimum Gasteiger partial charge on any atom is -0.490 e. The van der Waals surface area contributed by atoms with E-state index in [0.29, 0.717) is 30.9 Å². The molecular weight excluding hydrogens is 713 g/mol. The van der Waals surface area contributed by atoms with Crippen LogP contribution in [-0.2, 0) is 32.4 Å². The highest BCUT2D eigenvalue weighted by Crippen LogP contribution is 2.28. The van der Waals surface area contributed by atoms with Crippen LogP contribution in [0.15, 0.2) is 120 Å². The average molecular weight is 755 g/mol. The predicted octanol–water partition coefficient (Wildman–Crippen LogP) is 6.80. The molecule has 3 N–H and O–H groups in total. The quantitative estimate of drug-likeness (QED) is 0.0552. The summed E-state index contributed by atoms with van der Waals surface area (Å²) >= 11 is 0. The Labute approximate surface area is 313 Å². The molecule has 13 nitrogen and oxygen atoms in total. The molecule has 282 valence electrons. The zero-order valence-corrected chi connectivity index (χ0v) is 30.9. The van der Waals surface area contributed by atoms with Crippen LogP contribution in [0.3, 0.4) is 0 Å². The number of nitrogens with one attached hydrogen (secondary N) is 3. The van der Waals surface area contributed by atoms with Gasteiger partial charge in [0.05, 0.1) is 9.82 Å². The highest BCUT2D eigenvalue weighted by atomic mass is 32.2. The van der Waals surface area contributed by atoms with E-state index in [4.69, 9.17) is 14.2 Å². The third kappa shape index (κ3) is 11.2. The number of benzene rings is 5. The lowest BCUT2D eigenvalue weighted by Gasteiger charge is -2.23. The average Bonchev–Trinajstić information content (AvgIpc) is 3.13. The van der Waals surface area contributed by atoms with Crippen molar-refractivity contribution in [3.8, 4) is 11.5 Å². The molecule has 0 aliphatic rings. The number of nitro groups is 1. The topological polar surface area (TPSA) is 175 Å². The largest absolute Gasteiger partial charge is 0.490 e. The monoisotopic (exact) mass is 754 g/mol. The molecule has 0 aliphatic heterocycles. The second-order valence-corrected chi connectivity index (χ2v) is 15.0. The van der Waals surface area contributed by atoms with Crippen LogP contribution in [0.1, 0.15) is 31.9 Å². The Hall–Kier alpha value is -6.15. The summed E-state index contributed by atoms with van der Waals surface area (Å²) in [6, 6.07) is 31.9. The van der Waals surface area contributed by atoms with Gasteiger partial charge in [0, 0.05) is 24.4 Å². The van der Waals surface area contributed by atoms with Crippen molar-refractivity contribution in [1.29, 1.82) is 0 Å². The summed E-state index contributed by atoms with van der Waals surface area (Å²) in [6.07, 6.45) is -0.472. The summed E-state index contributed by atoms with van der Waals surface area (Å²) in [5, 5.41) is 19.4. The van der Waals surface area contributed by atoms with Gasteiger partial charge >= 0.3 is 6.09 Å². The maximum Gasteiger partial charge on any atom is 0.408 e. The van der Waals surface area contributed by atoms with Crippen molar-refractivity contribution in [2.24, 2.45) is 0 Å². The van der Waals surface area contributed by atoms with Gasteiger partial charge in [-0.2, -0.15) is 0 Å². The third-order valence-corrected chi connectivity index (χ3v) is 9.36. The van der Waals surface area contributed by atoms with Crippen molar-refractivity contribution < 1.29 is 37.1 Å². The van der Waals surface area contributed by atoms with Gasteiger partial charge in [-0.15, -0.1) is 0 Å². The van der Waals surface area contributed by atoms with E-state index >= 15 is 0 Å². The molecule has 0 fully saturated rings. The van der Waals surface area contributed by atoms with Gasteiger partial charge in [0.1, 0.15) is 42.0 Å². The Kier molecular flexibility index (Phi) is 12.7. The van der Waals surface area contributed by atoms with Crippen molar-refractivity contribution in [2.75, 3.05) is 25.1 Å². The number of carbonyl (C=O) groups is 2. The fraction of sp³-hybridized carbons (Fsp3) is 0.250. The zero-order valence-electron chi connectivity index (χ0n) is 30.1.